The van der Waals surface area contributed by atoms with Gasteiger partial charge in [0.2, 0.25) is 0 Å². The number of hydrogen-bond acceptors (Lipinski definition) is 7. The second kappa shape index (κ2) is 11.7. The van der Waals surface area contributed by atoms with Crippen molar-refractivity contribution in [3.63, 3.8) is 0 Å². The van der Waals surface area contributed by atoms with Gasteiger partial charge in [0.15, 0.2) is 17.6 Å². The summed E-state index contributed by atoms with van der Waals surface area (Å²) in [7, 11) is 1.63. The molecule has 2 fully saturated rings. The number of carboxylic acids is 1. The van der Waals surface area contributed by atoms with Crippen LogP contribution in [0.1, 0.15) is 58.6 Å². The van der Waals surface area contributed by atoms with Crippen molar-refractivity contribution in [2.75, 3.05) is 33.4 Å². The fourth-order valence-corrected chi connectivity index (χ4v) is 6.57. The molecular formula is C33H34ClN3O6. The Bertz CT molecular complexity index is 1660. The summed E-state index contributed by atoms with van der Waals surface area (Å²) in [6.07, 6.45) is 2.80. The largest absolute Gasteiger partial charge is 0.496 e. The van der Waals surface area contributed by atoms with E-state index in [4.69, 9.17) is 35.5 Å². The lowest BCUT2D eigenvalue weighted by Gasteiger charge is -2.35. The molecule has 0 aliphatic carbocycles. The van der Waals surface area contributed by atoms with E-state index in [-0.39, 0.29) is 17.8 Å². The number of hydrogen-bond donors (Lipinski definition) is 1. The zero-order valence-electron chi connectivity index (χ0n) is 24.0. The molecule has 0 spiro atoms. The highest BCUT2D eigenvalue weighted by Crippen LogP contribution is 2.45. The first-order valence-corrected chi connectivity index (χ1v) is 15.2. The van der Waals surface area contributed by atoms with Crippen molar-refractivity contribution in [2.45, 2.75) is 50.5 Å². The number of aromatic carboxylic acids is 1. The number of fused-ring (bicyclic) bond motifs is 2. The lowest BCUT2D eigenvalue weighted by atomic mass is 9.88. The van der Waals surface area contributed by atoms with Gasteiger partial charge >= 0.3 is 5.97 Å². The number of rotatable bonds is 8. The van der Waals surface area contributed by atoms with E-state index < -0.39 is 5.97 Å². The number of benzene rings is 3. The summed E-state index contributed by atoms with van der Waals surface area (Å²) in [6, 6.07) is 16.9. The van der Waals surface area contributed by atoms with E-state index >= 15 is 0 Å². The summed E-state index contributed by atoms with van der Waals surface area (Å²) in [5.41, 5.74) is 4.01. The first-order chi connectivity index (χ1) is 21.0. The third kappa shape index (κ3) is 5.53. The fourth-order valence-electron chi connectivity index (χ4n) is 6.40. The number of aromatic nitrogens is 2. The number of carbonyl (C=O) groups is 1. The summed E-state index contributed by atoms with van der Waals surface area (Å²) >= 11 is 6.20. The van der Waals surface area contributed by atoms with Crippen LogP contribution in [-0.4, -0.2) is 65.0 Å². The standard InChI is InChI=1S/C33H34ClN3O6/c1-40-29-16-22(34)6-7-25(29)30-19-42-28-4-2-3-24(32(28)43-30)20-9-12-36(13-10-20)18-31-35-26-8-5-21(33(38)39)15-27(26)37(31)17-23-11-14-41-23/h2-8,15-16,20,23,30H,9-14,17-19H2,1H3,(H,38,39)/t23-,30+/m0/s1. The molecule has 10 heteroatoms. The number of likely N-dealkylation sites (tertiary alicyclic amines) is 1. The Balaban J connectivity index is 1.08. The van der Waals surface area contributed by atoms with Gasteiger partial charge in [-0.1, -0.05) is 23.7 Å². The highest BCUT2D eigenvalue weighted by molar-refractivity contribution is 6.30. The summed E-state index contributed by atoms with van der Waals surface area (Å²) in [5.74, 6) is 2.61. The van der Waals surface area contributed by atoms with Gasteiger partial charge < -0.3 is 28.6 Å². The van der Waals surface area contributed by atoms with Crippen molar-refractivity contribution in [2.24, 2.45) is 0 Å². The van der Waals surface area contributed by atoms with Crippen LogP contribution in [0, 0.1) is 0 Å². The highest BCUT2D eigenvalue weighted by Gasteiger charge is 2.32. The fraction of sp³-hybridized carbons (Fsp3) is 0.394. The number of methoxy groups -OCH3 is 1. The van der Waals surface area contributed by atoms with E-state index in [1.165, 1.54) is 5.56 Å². The zero-order valence-corrected chi connectivity index (χ0v) is 24.8. The van der Waals surface area contributed by atoms with Crippen LogP contribution in [0.25, 0.3) is 11.0 Å². The molecule has 3 aromatic carbocycles. The molecule has 9 nitrogen and oxygen atoms in total. The van der Waals surface area contributed by atoms with Crippen molar-refractivity contribution < 1.29 is 28.8 Å². The highest BCUT2D eigenvalue weighted by atomic mass is 35.5. The molecule has 4 aromatic rings. The molecule has 1 aromatic heterocycles. The van der Waals surface area contributed by atoms with E-state index in [2.05, 4.69) is 15.5 Å². The summed E-state index contributed by atoms with van der Waals surface area (Å²) < 4.78 is 26.3. The topological polar surface area (TPSA) is 95.3 Å². The average molecular weight is 604 g/mol. The van der Waals surface area contributed by atoms with Crippen LogP contribution in [-0.2, 0) is 17.8 Å². The van der Waals surface area contributed by atoms with Gasteiger partial charge in [0.05, 0.1) is 42.9 Å². The molecule has 43 heavy (non-hydrogen) atoms. The molecule has 3 aliphatic heterocycles. The van der Waals surface area contributed by atoms with Crippen LogP contribution < -0.4 is 14.2 Å². The van der Waals surface area contributed by atoms with Gasteiger partial charge in [-0.25, -0.2) is 9.78 Å². The van der Waals surface area contributed by atoms with Gasteiger partial charge in [0.1, 0.15) is 18.2 Å². The molecular weight excluding hydrogens is 570 g/mol. The van der Waals surface area contributed by atoms with Gasteiger partial charge in [0, 0.05) is 22.8 Å². The molecule has 0 radical (unpaired) electrons. The van der Waals surface area contributed by atoms with Crippen LogP contribution in [0.3, 0.4) is 0 Å². The number of piperidine rings is 1. The minimum absolute atomic E-state index is 0.138. The van der Waals surface area contributed by atoms with E-state index in [1.54, 1.807) is 31.4 Å². The maximum Gasteiger partial charge on any atom is 0.335 e. The van der Waals surface area contributed by atoms with Crippen LogP contribution in [0.4, 0.5) is 0 Å². The Morgan fingerprint density at radius 3 is 2.67 bits per heavy atom. The van der Waals surface area contributed by atoms with E-state index in [9.17, 15) is 9.90 Å². The van der Waals surface area contributed by atoms with Crippen LogP contribution in [0.2, 0.25) is 5.02 Å². The normalized spacial score (nSPS) is 20.6. The Hall–Kier alpha value is -3.79. The SMILES string of the molecule is COc1cc(Cl)ccc1[C@H]1COc2cccc(C3CCN(Cc4nc5ccc(C(=O)O)cc5n4C[C@@H]4CCO4)CC3)c2O1. The maximum atomic E-state index is 11.6. The predicted molar refractivity (Wildman–Crippen MR) is 162 cm³/mol. The van der Waals surface area contributed by atoms with Crippen LogP contribution in [0.15, 0.2) is 54.6 Å². The van der Waals surface area contributed by atoms with E-state index in [0.717, 1.165) is 72.9 Å². The maximum absolute atomic E-state index is 11.6. The zero-order chi connectivity index (χ0) is 29.5. The molecule has 0 amide bonds. The number of para-hydroxylation sites is 1. The second-order valence-corrected chi connectivity index (χ2v) is 11.9. The van der Waals surface area contributed by atoms with Crippen LogP contribution in [0.5, 0.6) is 17.2 Å². The monoisotopic (exact) mass is 603 g/mol. The third-order valence-corrected chi connectivity index (χ3v) is 9.08. The Kier molecular flexibility index (Phi) is 7.63. The lowest BCUT2D eigenvalue weighted by Crippen LogP contribution is -2.35. The number of carboxylic acid groups (broad SMARTS) is 1. The molecule has 4 heterocycles. The Morgan fingerprint density at radius 2 is 1.93 bits per heavy atom. The molecule has 7 rings (SSSR count). The first kappa shape index (κ1) is 28.0. The van der Waals surface area contributed by atoms with Crippen molar-refractivity contribution in [1.82, 2.24) is 14.5 Å². The molecule has 0 unspecified atom stereocenters. The Labute approximate surface area is 254 Å². The molecule has 0 bridgehead atoms. The van der Waals surface area contributed by atoms with Crippen molar-refractivity contribution >= 4 is 28.6 Å². The Morgan fingerprint density at radius 1 is 1.09 bits per heavy atom. The summed E-state index contributed by atoms with van der Waals surface area (Å²) in [6.45, 7) is 4.36. The lowest BCUT2D eigenvalue weighted by molar-refractivity contribution is -0.0592. The van der Waals surface area contributed by atoms with E-state index in [0.29, 0.717) is 36.4 Å². The van der Waals surface area contributed by atoms with Gasteiger partial charge in [0.25, 0.3) is 0 Å². The molecule has 2 atom stereocenters. The summed E-state index contributed by atoms with van der Waals surface area (Å²) in [4.78, 5) is 19.0. The molecule has 2 saturated heterocycles. The summed E-state index contributed by atoms with van der Waals surface area (Å²) in [5, 5.41) is 10.2. The molecule has 0 saturated carbocycles. The van der Waals surface area contributed by atoms with Crippen molar-refractivity contribution in [1.29, 1.82) is 0 Å². The minimum Gasteiger partial charge on any atom is -0.496 e. The average Bonchev–Trinajstić information content (AvgIpc) is 3.34. The van der Waals surface area contributed by atoms with E-state index in [1.807, 2.05) is 24.3 Å². The molecule has 1 N–H and O–H groups in total. The molecule has 224 valence electrons. The third-order valence-electron chi connectivity index (χ3n) is 8.85. The first-order valence-electron chi connectivity index (χ1n) is 14.8. The predicted octanol–water partition coefficient (Wildman–Crippen LogP) is 6.08. The number of halogens is 1. The quantitative estimate of drug-likeness (QED) is 0.259. The van der Waals surface area contributed by atoms with Crippen molar-refractivity contribution in [3.8, 4) is 17.2 Å². The van der Waals surface area contributed by atoms with Gasteiger partial charge in [-0.15, -0.1) is 0 Å². The second-order valence-electron chi connectivity index (χ2n) is 11.5. The number of ether oxygens (including phenoxy) is 4. The minimum atomic E-state index is -0.936. The number of nitrogens with zero attached hydrogens (tertiary/aromatic N) is 3. The van der Waals surface area contributed by atoms with Gasteiger partial charge in [-0.2, -0.15) is 0 Å². The smallest absolute Gasteiger partial charge is 0.335 e. The van der Waals surface area contributed by atoms with Gasteiger partial charge in [-0.05, 0) is 80.7 Å². The number of imidazole rings is 1. The van der Waals surface area contributed by atoms with Gasteiger partial charge in [-0.3, -0.25) is 4.90 Å². The van der Waals surface area contributed by atoms with Crippen LogP contribution >= 0.6 is 11.6 Å². The van der Waals surface area contributed by atoms with Crippen molar-refractivity contribution in [3.05, 3.63) is 82.1 Å². The molecule has 3 aliphatic rings.